The minimum atomic E-state index is -0.817. The number of rotatable bonds is 6. The Kier molecular flexibility index (Phi) is 4.36. The second-order valence-electron chi connectivity index (χ2n) is 7.52. The van der Waals surface area contributed by atoms with E-state index in [1.54, 1.807) is 6.20 Å². The van der Waals surface area contributed by atoms with Crippen molar-refractivity contribution in [3.05, 3.63) is 18.1 Å². The molecule has 1 saturated carbocycles. The average molecular weight is 333 g/mol. The highest BCUT2D eigenvalue weighted by molar-refractivity contribution is 8.00. The molecule has 1 N–H and O–H groups in total. The van der Waals surface area contributed by atoms with Crippen molar-refractivity contribution in [2.45, 2.75) is 51.5 Å². The normalized spacial score (nSPS) is 15.3. The predicted molar refractivity (Wildman–Crippen MR) is 91.8 cm³/mol. The summed E-state index contributed by atoms with van der Waals surface area (Å²) in [7, 11) is 0. The van der Waals surface area contributed by atoms with Crippen LogP contribution < -0.4 is 0 Å². The van der Waals surface area contributed by atoms with E-state index in [1.807, 2.05) is 6.07 Å². The molecule has 23 heavy (non-hydrogen) atoms. The average Bonchev–Trinajstić information content (AvgIpc) is 3.19. The van der Waals surface area contributed by atoms with Crippen LogP contribution >= 0.6 is 11.8 Å². The third-order valence-corrected chi connectivity index (χ3v) is 4.78. The molecule has 2 aromatic heterocycles. The van der Waals surface area contributed by atoms with Crippen molar-refractivity contribution in [2.24, 2.45) is 11.3 Å². The number of hydrogen-bond donors (Lipinski definition) is 1. The Morgan fingerprint density at radius 2 is 2.17 bits per heavy atom. The number of carbonyl (C=O) groups is 1. The molecule has 0 unspecified atom stereocenters. The van der Waals surface area contributed by atoms with Crippen molar-refractivity contribution >= 4 is 28.9 Å². The summed E-state index contributed by atoms with van der Waals surface area (Å²) < 4.78 is 2.27. The lowest BCUT2D eigenvalue weighted by atomic mass is 9.92. The molecule has 0 saturated heterocycles. The van der Waals surface area contributed by atoms with Crippen LogP contribution in [0.1, 0.15) is 39.4 Å². The van der Waals surface area contributed by atoms with Gasteiger partial charge in [0, 0.05) is 24.1 Å². The van der Waals surface area contributed by atoms with Crippen LogP contribution in [0, 0.1) is 11.3 Å². The highest BCUT2D eigenvalue weighted by atomic mass is 32.2. The maximum absolute atomic E-state index is 10.7. The molecule has 0 spiro atoms. The molecule has 0 aromatic carbocycles. The summed E-state index contributed by atoms with van der Waals surface area (Å²) in [6.07, 6.45) is 5.26. The van der Waals surface area contributed by atoms with Gasteiger partial charge in [0.15, 0.2) is 5.65 Å². The van der Waals surface area contributed by atoms with E-state index in [2.05, 4.69) is 30.3 Å². The fraction of sp³-hybridized carbons (Fsp3) is 0.588. The first-order valence-corrected chi connectivity index (χ1v) is 9.00. The zero-order valence-corrected chi connectivity index (χ0v) is 14.7. The minimum absolute atomic E-state index is 0.0464. The van der Waals surface area contributed by atoms with Gasteiger partial charge in [-0.05, 0) is 30.2 Å². The summed E-state index contributed by atoms with van der Waals surface area (Å²) in [6, 6.07) is 1.96. The molecule has 0 aliphatic heterocycles. The summed E-state index contributed by atoms with van der Waals surface area (Å²) in [5.41, 5.74) is 1.97. The highest BCUT2D eigenvalue weighted by Gasteiger charge is 2.26. The van der Waals surface area contributed by atoms with Gasteiger partial charge < -0.3 is 9.67 Å². The molecule has 5 nitrogen and oxygen atoms in total. The number of carboxylic acids is 1. The van der Waals surface area contributed by atoms with Gasteiger partial charge in [-0.15, -0.1) is 11.8 Å². The molecular weight excluding hydrogens is 310 g/mol. The number of thioether (sulfide) groups is 1. The quantitative estimate of drug-likeness (QED) is 0.818. The Balaban J connectivity index is 1.94. The largest absolute Gasteiger partial charge is 0.481 e. The van der Waals surface area contributed by atoms with E-state index in [1.165, 1.54) is 24.6 Å². The fourth-order valence-electron chi connectivity index (χ4n) is 2.62. The van der Waals surface area contributed by atoms with E-state index in [0.717, 1.165) is 40.8 Å². The third kappa shape index (κ3) is 4.25. The first-order valence-electron chi connectivity index (χ1n) is 8.01. The van der Waals surface area contributed by atoms with Gasteiger partial charge in [0.2, 0.25) is 0 Å². The monoisotopic (exact) mass is 333 g/mol. The maximum Gasteiger partial charge on any atom is 0.313 e. The summed E-state index contributed by atoms with van der Waals surface area (Å²) in [5, 5.41) is 8.81. The molecule has 0 bridgehead atoms. The lowest BCUT2D eigenvalue weighted by Crippen LogP contribution is -2.15. The number of nitrogens with zero attached hydrogens (tertiary/aromatic N) is 3. The lowest BCUT2D eigenvalue weighted by molar-refractivity contribution is -0.133. The van der Waals surface area contributed by atoms with Gasteiger partial charge in [-0.2, -0.15) is 0 Å². The molecule has 1 aliphatic carbocycles. The van der Waals surface area contributed by atoms with Crippen molar-refractivity contribution in [3.63, 3.8) is 0 Å². The SMILES string of the molecule is CC(C)(C)Cc1nc2cc(SCC(=O)O)cnc2n1CC1CC1. The molecule has 0 radical (unpaired) electrons. The molecule has 3 rings (SSSR count). The van der Waals surface area contributed by atoms with Crippen molar-refractivity contribution in [1.29, 1.82) is 0 Å². The van der Waals surface area contributed by atoms with E-state index in [9.17, 15) is 4.79 Å². The molecule has 2 heterocycles. The Morgan fingerprint density at radius 1 is 1.43 bits per heavy atom. The maximum atomic E-state index is 10.7. The van der Waals surface area contributed by atoms with Crippen molar-refractivity contribution in [2.75, 3.05) is 5.75 Å². The second-order valence-corrected chi connectivity index (χ2v) is 8.56. The molecule has 2 aromatic rings. The summed E-state index contributed by atoms with van der Waals surface area (Å²) in [5.74, 6) is 1.08. The van der Waals surface area contributed by atoms with Gasteiger partial charge in [0.1, 0.15) is 11.3 Å². The van der Waals surface area contributed by atoms with E-state index >= 15 is 0 Å². The van der Waals surface area contributed by atoms with Crippen molar-refractivity contribution in [3.8, 4) is 0 Å². The Hall–Kier alpha value is -1.56. The Morgan fingerprint density at radius 3 is 2.78 bits per heavy atom. The fourth-order valence-corrected chi connectivity index (χ4v) is 3.24. The second kappa shape index (κ2) is 6.15. The first-order chi connectivity index (χ1) is 10.8. The molecule has 1 aliphatic rings. The molecule has 0 amide bonds. The summed E-state index contributed by atoms with van der Waals surface area (Å²) in [6.45, 7) is 7.65. The van der Waals surface area contributed by atoms with Crippen LogP contribution in [-0.2, 0) is 17.8 Å². The molecule has 0 atom stereocenters. The smallest absolute Gasteiger partial charge is 0.313 e. The van der Waals surface area contributed by atoms with Crippen LogP contribution in [0.4, 0.5) is 0 Å². The van der Waals surface area contributed by atoms with Gasteiger partial charge in [-0.1, -0.05) is 20.8 Å². The van der Waals surface area contributed by atoms with Gasteiger partial charge >= 0.3 is 5.97 Å². The number of pyridine rings is 1. The minimum Gasteiger partial charge on any atom is -0.481 e. The lowest BCUT2D eigenvalue weighted by Gasteiger charge is -2.18. The molecular formula is C17H23N3O2S. The van der Waals surface area contributed by atoms with Crippen LogP contribution in [0.2, 0.25) is 0 Å². The molecule has 1 fully saturated rings. The topological polar surface area (TPSA) is 68.0 Å². The third-order valence-electron chi connectivity index (χ3n) is 3.83. The van der Waals surface area contributed by atoms with Gasteiger partial charge in [0.25, 0.3) is 0 Å². The number of aliphatic carboxylic acids is 1. The number of hydrogen-bond acceptors (Lipinski definition) is 4. The standard InChI is InChI=1S/C17H23N3O2S/c1-17(2,3)7-14-19-13-6-12(23-10-15(21)22)8-18-16(13)20(14)9-11-4-5-11/h6,8,11H,4-5,7,9-10H2,1-3H3,(H,21,22). The van der Waals surface area contributed by atoms with E-state index in [4.69, 9.17) is 10.1 Å². The van der Waals surface area contributed by atoms with Crippen LogP contribution in [0.25, 0.3) is 11.2 Å². The highest BCUT2D eigenvalue weighted by Crippen LogP contribution is 2.33. The van der Waals surface area contributed by atoms with E-state index in [-0.39, 0.29) is 11.2 Å². The Bertz CT molecular complexity index is 729. The Labute approximate surface area is 140 Å². The number of aromatic nitrogens is 3. The van der Waals surface area contributed by atoms with Crippen molar-refractivity contribution < 1.29 is 9.90 Å². The van der Waals surface area contributed by atoms with E-state index < -0.39 is 5.97 Å². The van der Waals surface area contributed by atoms with Crippen LogP contribution in [-0.4, -0.2) is 31.4 Å². The number of carboxylic acid groups (broad SMARTS) is 1. The first kappa shape index (κ1) is 16.3. The predicted octanol–water partition coefficient (Wildman–Crippen LogP) is 3.61. The zero-order chi connectivity index (χ0) is 16.6. The molecule has 6 heteroatoms. The number of fused-ring (bicyclic) bond motifs is 1. The van der Waals surface area contributed by atoms with Crippen molar-refractivity contribution in [1.82, 2.24) is 14.5 Å². The van der Waals surface area contributed by atoms with Gasteiger partial charge in [-0.25, -0.2) is 9.97 Å². The van der Waals surface area contributed by atoms with E-state index in [0.29, 0.717) is 0 Å². The van der Waals surface area contributed by atoms with Crippen LogP contribution in [0.3, 0.4) is 0 Å². The number of imidazole rings is 1. The summed E-state index contributed by atoms with van der Waals surface area (Å²) in [4.78, 5) is 21.0. The van der Waals surface area contributed by atoms with Gasteiger partial charge in [-0.3, -0.25) is 4.79 Å². The van der Waals surface area contributed by atoms with Gasteiger partial charge in [0.05, 0.1) is 5.75 Å². The molecule has 124 valence electrons. The zero-order valence-electron chi connectivity index (χ0n) is 13.9. The summed E-state index contributed by atoms with van der Waals surface area (Å²) >= 11 is 1.29. The van der Waals surface area contributed by atoms with Crippen LogP contribution in [0.5, 0.6) is 0 Å². The van der Waals surface area contributed by atoms with Crippen LogP contribution in [0.15, 0.2) is 17.2 Å².